The second-order valence-electron chi connectivity index (χ2n) is 15.7. The van der Waals surface area contributed by atoms with Crippen LogP contribution >= 0.6 is 0 Å². The van der Waals surface area contributed by atoms with Crippen LogP contribution in [0, 0.1) is 0 Å². The summed E-state index contributed by atoms with van der Waals surface area (Å²) in [6, 6.07) is 3.30. The lowest BCUT2D eigenvalue weighted by Gasteiger charge is -2.11. The molecule has 0 aliphatic carbocycles. The molecule has 0 radical (unpaired) electrons. The fraction of sp³-hybridized carbons (Fsp3) is 0.750. The molecule has 0 bridgehead atoms. The van der Waals surface area contributed by atoms with Crippen LogP contribution in [-0.4, -0.2) is 38.1 Å². The lowest BCUT2D eigenvalue weighted by molar-refractivity contribution is 0.0450. The van der Waals surface area contributed by atoms with Gasteiger partial charge in [-0.3, -0.25) is 4.55 Å². The Morgan fingerprint density at radius 1 is 0.464 bits per heavy atom. The number of carbonyl (C=O) groups excluding carboxylic acids is 2. The van der Waals surface area contributed by atoms with Crippen molar-refractivity contribution in [2.75, 3.05) is 13.2 Å². The van der Waals surface area contributed by atoms with Crippen LogP contribution in [0.15, 0.2) is 47.4 Å². The first kappa shape index (κ1) is 51.6. The quantitative estimate of drug-likeness (QED) is 0.0306. The molecule has 0 saturated carbocycles. The summed E-state index contributed by atoms with van der Waals surface area (Å²) < 4.78 is 44.0. The van der Waals surface area contributed by atoms with Crippen LogP contribution in [0.4, 0.5) is 0 Å². The molecule has 0 atom stereocenters. The molecule has 1 rings (SSSR count). The zero-order valence-electron chi connectivity index (χ0n) is 35.9. The number of rotatable bonds is 39. The molecule has 0 aromatic heterocycles. The molecule has 0 amide bonds. The minimum atomic E-state index is -4.57. The predicted molar refractivity (Wildman–Crippen MR) is 234 cm³/mol. The van der Waals surface area contributed by atoms with Crippen molar-refractivity contribution >= 4 is 22.1 Å². The Morgan fingerprint density at radius 3 is 1.11 bits per heavy atom. The molecule has 0 aliphatic heterocycles. The number of hydrogen-bond acceptors (Lipinski definition) is 6. The summed E-state index contributed by atoms with van der Waals surface area (Å²) in [6.45, 7) is 4.90. The Labute approximate surface area is 344 Å². The van der Waals surface area contributed by atoms with E-state index in [-0.39, 0.29) is 24.3 Å². The van der Waals surface area contributed by atoms with E-state index >= 15 is 0 Å². The maximum atomic E-state index is 13.0. The molecule has 0 saturated heterocycles. The maximum absolute atomic E-state index is 13.0. The summed E-state index contributed by atoms with van der Waals surface area (Å²) in [7, 11) is -4.57. The van der Waals surface area contributed by atoms with E-state index in [1.54, 1.807) is 0 Å². The van der Waals surface area contributed by atoms with E-state index in [1.807, 2.05) is 0 Å². The van der Waals surface area contributed by atoms with Crippen LogP contribution in [0.2, 0.25) is 0 Å². The second-order valence-corrected chi connectivity index (χ2v) is 17.2. The van der Waals surface area contributed by atoms with Gasteiger partial charge in [-0.1, -0.05) is 179 Å². The van der Waals surface area contributed by atoms with E-state index in [2.05, 4.69) is 38.2 Å². The third kappa shape index (κ3) is 29.7. The molecule has 7 nitrogen and oxygen atoms in total. The first-order chi connectivity index (χ1) is 27.3. The number of carbonyl (C=O) groups is 2. The number of allylic oxidation sites excluding steroid dienone is 4. The number of benzene rings is 1. The number of ether oxygens (including phenoxy) is 2. The highest BCUT2D eigenvalue weighted by Crippen LogP contribution is 2.20. The highest BCUT2D eigenvalue weighted by molar-refractivity contribution is 7.85. The van der Waals surface area contributed by atoms with Crippen molar-refractivity contribution in [1.82, 2.24) is 0 Å². The molecular weight excluding hydrogens is 721 g/mol. The van der Waals surface area contributed by atoms with Crippen LogP contribution in [0.3, 0.4) is 0 Å². The Balaban J connectivity index is 2.19. The van der Waals surface area contributed by atoms with Crippen molar-refractivity contribution in [2.24, 2.45) is 0 Å². The summed E-state index contributed by atoms with van der Waals surface area (Å²) in [4.78, 5) is 25.4. The fourth-order valence-electron chi connectivity index (χ4n) is 6.92. The zero-order valence-corrected chi connectivity index (χ0v) is 36.7. The molecule has 56 heavy (non-hydrogen) atoms. The van der Waals surface area contributed by atoms with Gasteiger partial charge in [-0.05, 0) is 82.4 Å². The van der Waals surface area contributed by atoms with Gasteiger partial charge in [0.25, 0.3) is 10.1 Å². The summed E-state index contributed by atoms with van der Waals surface area (Å²) in [5, 5.41) is 0. The van der Waals surface area contributed by atoms with Gasteiger partial charge < -0.3 is 9.47 Å². The largest absolute Gasteiger partial charge is 0.462 e. The Morgan fingerprint density at radius 2 is 0.768 bits per heavy atom. The minimum absolute atomic E-state index is 0.0610. The van der Waals surface area contributed by atoms with E-state index in [4.69, 9.17) is 9.47 Å². The average molecular weight is 803 g/mol. The Kier molecular flexibility index (Phi) is 33.9. The molecule has 0 aliphatic rings. The Bertz CT molecular complexity index is 1270. The van der Waals surface area contributed by atoms with Gasteiger partial charge in [-0.25, -0.2) is 9.59 Å². The lowest BCUT2D eigenvalue weighted by Crippen LogP contribution is -2.16. The molecule has 0 heterocycles. The highest BCUT2D eigenvalue weighted by Gasteiger charge is 2.23. The molecule has 0 unspecified atom stereocenters. The normalized spacial score (nSPS) is 11.9. The zero-order chi connectivity index (χ0) is 40.8. The Hall–Kier alpha value is -2.45. The molecule has 1 N–H and O–H groups in total. The van der Waals surface area contributed by atoms with Crippen molar-refractivity contribution in [3.8, 4) is 0 Å². The van der Waals surface area contributed by atoms with E-state index in [1.165, 1.54) is 160 Å². The first-order valence-corrected chi connectivity index (χ1v) is 24.5. The maximum Gasteiger partial charge on any atom is 0.339 e. The van der Waals surface area contributed by atoms with Gasteiger partial charge >= 0.3 is 11.9 Å². The van der Waals surface area contributed by atoms with Crippen LogP contribution < -0.4 is 0 Å². The average Bonchev–Trinajstić information content (AvgIpc) is 3.18. The molecule has 1 aromatic rings. The van der Waals surface area contributed by atoms with Crippen molar-refractivity contribution in [3.05, 3.63) is 53.6 Å². The molecule has 1 aromatic carbocycles. The monoisotopic (exact) mass is 803 g/mol. The van der Waals surface area contributed by atoms with E-state index in [0.717, 1.165) is 57.1 Å². The van der Waals surface area contributed by atoms with Crippen molar-refractivity contribution < 1.29 is 32.0 Å². The number of unbranched alkanes of at least 4 members (excludes halogenated alkanes) is 28. The van der Waals surface area contributed by atoms with Crippen LogP contribution in [0.25, 0.3) is 0 Å². The molecular formula is C48H82O7S. The van der Waals surface area contributed by atoms with Gasteiger partial charge in [0, 0.05) is 0 Å². The molecule has 0 fully saturated rings. The number of esters is 2. The van der Waals surface area contributed by atoms with Gasteiger partial charge in [0.05, 0.1) is 29.2 Å². The van der Waals surface area contributed by atoms with Gasteiger partial charge in [-0.15, -0.1) is 0 Å². The topological polar surface area (TPSA) is 107 Å². The van der Waals surface area contributed by atoms with Gasteiger partial charge in [0.2, 0.25) is 0 Å². The molecule has 0 spiro atoms. The van der Waals surface area contributed by atoms with Gasteiger partial charge in [0.1, 0.15) is 0 Å². The second kappa shape index (κ2) is 36.9. The standard InChI is InChI=1S/C48H82O7S/c1-3-5-7-9-11-13-15-17-19-21-23-25-27-29-31-33-35-37-41-54-47(49)45-40-39-44(56(51,52)53)43-46(45)48(50)55-42-38-36-34-32-30-28-26-24-22-20-18-16-14-12-10-8-6-4-2/h15-18,39-40,43H,3-14,19-38,41-42H2,1-2H3,(H,51,52,53)/b17-15+,18-16+. The summed E-state index contributed by atoms with van der Waals surface area (Å²) in [6.07, 6.45) is 48.0. The van der Waals surface area contributed by atoms with E-state index < -0.39 is 27.0 Å². The number of hydrogen-bond donors (Lipinski definition) is 1. The molecule has 8 heteroatoms. The van der Waals surface area contributed by atoms with E-state index in [9.17, 15) is 22.6 Å². The summed E-state index contributed by atoms with van der Waals surface area (Å²) in [5.74, 6) is -1.50. The van der Waals surface area contributed by atoms with Crippen molar-refractivity contribution in [3.63, 3.8) is 0 Å². The van der Waals surface area contributed by atoms with Gasteiger partial charge in [-0.2, -0.15) is 8.42 Å². The fourth-order valence-corrected chi connectivity index (χ4v) is 7.43. The third-order valence-corrected chi connectivity index (χ3v) is 11.4. The first-order valence-electron chi connectivity index (χ1n) is 23.1. The van der Waals surface area contributed by atoms with E-state index in [0.29, 0.717) is 6.42 Å². The smallest absolute Gasteiger partial charge is 0.339 e. The summed E-state index contributed by atoms with van der Waals surface area (Å²) in [5.41, 5.74) is -0.272. The third-order valence-electron chi connectivity index (χ3n) is 10.5. The SMILES string of the molecule is CCCCCCC/C=C/CCCCCCCCCCCOC(=O)c1ccc(S(=O)(=O)O)cc1C(=O)OCCCCCCCCCCC/C=C/CCCCCCC. The minimum Gasteiger partial charge on any atom is -0.462 e. The van der Waals surface area contributed by atoms with Crippen molar-refractivity contribution in [2.45, 2.75) is 224 Å². The van der Waals surface area contributed by atoms with Crippen LogP contribution in [-0.2, 0) is 19.6 Å². The van der Waals surface area contributed by atoms with Crippen LogP contribution in [0.1, 0.15) is 240 Å². The van der Waals surface area contributed by atoms with Gasteiger partial charge in [0.15, 0.2) is 0 Å². The predicted octanol–water partition coefficient (Wildman–Crippen LogP) is 14.9. The highest BCUT2D eigenvalue weighted by atomic mass is 32.2. The summed E-state index contributed by atoms with van der Waals surface area (Å²) >= 11 is 0. The van der Waals surface area contributed by atoms with Crippen LogP contribution in [0.5, 0.6) is 0 Å². The molecule has 322 valence electrons. The van der Waals surface area contributed by atoms with Crippen molar-refractivity contribution in [1.29, 1.82) is 0 Å². The lowest BCUT2D eigenvalue weighted by atomic mass is 10.1.